The second kappa shape index (κ2) is 4.96. The summed E-state index contributed by atoms with van der Waals surface area (Å²) in [5, 5.41) is 0.127. The van der Waals surface area contributed by atoms with Gasteiger partial charge in [-0.15, -0.1) is 0 Å². The van der Waals surface area contributed by atoms with Crippen molar-refractivity contribution in [3.63, 3.8) is 0 Å². The van der Waals surface area contributed by atoms with E-state index in [9.17, 15) is 4.21 Å². The second-order valence-corrected chi connectivity index (χ2v) is 6.26. The van der Waals surface area contributed by atoms with Crippen LogP contribution in [-0.4, -0.2) is 22.7 Å². The van der Waals surface area contributed by atoms with Crippen molar-refractivity contribution in [1.82, 2.24) is 0 Å². The second-order valence-electron chi connectivity index (χ2n) is 4.27. The zero-order valence-corrected chi connectivity index (χ0v) is 10.9. The summed E-state index contributed by atoms with van der Waals surface area (Å²) in [7, 11) is -0.910. The summed E-state index contributed by atoms with van der Waals surface area (Å²) in [4.78, 5) is 0. The lowest BCUT2D eigenvalue weighted by Gasteiger charge is -2.20. The van der Waals surface area contributed by atoms with Gasteiger partial charge < -0.3 is 15.2 Å². The molecule has 0 radical (unpaired) electrons. The van der Waals surface area contributed by atoms with E-state index in [1.54, 1.807) is 6.07 Å². The molecule has 0 aromatic heterocycles. The first-order valence-electron chi connectivity index (χ1n) is 5.63. The third-order valence-electron chi connectivity index (χ3n) is 2.63. The SMILES string of the molecule is CC(C)S(=O)Cc1cc2c(cc1N)OCCO2. The minimum atomic E-state index is -0.910. The van der Waals surface area contributed by atoms with E-state index in [2.05, 4.69) is 0 Å². The highest BCUT2D eigenvalue weighted by molar-refractivity contribution is 7.84. The van der Waals surface area contributed by atoms with Crippen LogP contribution < -0.4 is 15.2 Å². The fraction of sp³-hybridized carbons (Fsp3) is 0.500. The van der Waals surface area contributed by atoms with Gasteiger partial charge in [0.1, 0.15) is 13.2 Å². The van der Waals surface area contributed by atoms with E-state index < -0.39 is 10.8 Å². The summed E-state index contributed by atoms with van der Waals surface area (Å²) in [6, 6.07) is 3.59. The Balaban J connectivity index is 2.26. The molecule has 0 saturated carbocycles. The van der Waals surface area contributed by atoms with Crippen molar-refractivity contribution in [3.05, 3.63) is 17.7 Å². The van der Waals surface area contributed by atoms with E-state index in [4.69, 9.17) is 15.2 Å². The van der Waals surface area contributed by atoms with Gasteiger partial charge in [0, 0.05) is 27.8 Å². The van der Waals surface area contributed by atoms with E-state index in [0.717, 1.165) is 5.56 Å². The van der Waals surface area contributed by atoms with Gasteiger partial charge in [0.2, 0.25) is 0 Å². The average molecular weight is 255 g/mol. The minimum absolute atomic E-state index is 0.127. The van der Waals surface area contributed by atoms with Crippen LogP contribution in [-0.2, 0) is 16.6 Å². The maximum Gasteiger partial charge on any atom is 0.163 e. The number of nitrogen functional groups attached to an aromatic ring is 1. The number of fused-ring (bicyclic) bond motifs is 1. The molecule has 1 aliphatic rings. The Bertz CT molecular complexity index is 446. The number of rotatable bonds is 3. The van der Waals surface area contributed by atoms with Crippen molar-refractivity contribution in [3.8, 4) is 11.5 Å². The fourth-order valence-corrected chi connectivity index (χ4v) is 2.48. The molecule has 0 aliphatic carbocycles. The van der Waals surface area contributed by atoms with Gasteiger partial charge in [0.25, 0.3) is 0 Å². The van der Waals surface area contributed by atoms with E-state index in [-0.39, 0.29) is 5.25 Å². The van der Waals surface area contributed by atoms with Gasteiger partial charge in [-0.1, -0.05) is 13.8 Å². The Morgan fingerprint density at radius 3 is 2.47 bits per heavy atom. The molecule has 0 fully saturated rings. The Labute approximate surface area is 104 Å². The predicted molar refractivity (Wildman–Crippen MR) is 68.8 cm³/mol. The van der Waals surface area contributed by atoms with Gasteiger partial charge in [0.05, 0.1) is 5.75 Å². The minimum Gasteiger partial charge on any atom is -0.486 e. The molecule has 1 atom stereocenters. The van der Waals surface area contributed by atoms with Crippen molar-refractivity contribution < 1.29 is 13.7 Å². The first kappa shape index (κ1) is 12.2. The van der Waals surface area contributed by atoms with Crippen LogP contribution in [0, 0.1) is 0 Å². The van der Waals surface area contributed by atoms with Gasteiger partial charge in [0.15, 0.2) is 11.5 Å². The van der Waals surface area contributed by atoms with Crippen molar-refractivity contribution in [2.75, 3.05) is 18.9 Å². The number of benzene rings is 1. The first-order chi connectivity index (χ1) is 8.08. The van der Waals surface area contributed by atoms with Crippen LogP contribution in [0.4, 0.5) is 5.69 Å². The highest BCUT2D eigenvalue weighted by Gasteiger charge is 2.16. The van der Waals surface area contributed by atoms with Gasteiger partial charge in [-0.05, 0) is 11.6 Å². The summed E-state index contributed by atoms with van der Waals surface area (Å²) in [5.41, 5.74) is 7.40. The normalized spacial score (nSPS) is 15.9. The summed E-state index contributed by atoms with van der Waals surface area (Å²) in [5.74, 6) is 1.83. The molecule has 0 bridgehead atoms. The number of hydrogen-bond acceptors (Lipinski definition) is 4. The molecule has 1 unspecified atom stereocenters. The Morgan fingerprint density at radius 2 is 1.88 bits per heavy atom. The van der Waals surface area contributed by atoms with Crippen LogP contribution in [0.5, 0.6) is 11.5 Å². The molecular weight excluding hydrogens is 238 g/mol. The van der Waals surface area contributed by atoms with Gasteiger partial charge in [-0.25, -0.2) is 0 Å². The molecule has 0 spiro atoms. The van der Waals surface area contributed by atoms with E-state index in [1.807, 2.05) is 19.9 Å². The molecule has 1 heterocycles. The highest BCUT2D eigenvalue weighted by Crippen LogP contribution is 2.34. The number of anilines is 1. The molecular formula is C12H17NO3S. The van der Waals surface area contributed by atoms with Crippen LogP contribution in [0.2, 0.25) is 0 Å². The zero-order valence-electron chi connectivity index (χ0n) is 10.1. The summed E-state index contributed by atoms with van der Waals surface area (Å²) >= 11 is 0. The van der Waals surface area contributed by atoms with E-state index >= 15 is 0 Å². The van der Waals surface area contributed by atoms with Crippen LogP contribution >= 0.6 is 0 Å². The Morgan fingerprint density at radius 1 is 1.29 bits per heavy atom. The van der Waals surface area contributed by atoms with Gasteiger partial charge >= 0.3 is 0 Å². The topological polar surface area (TPSA) is 61.6 Å². The predicted octanol–water partition coefficient (Wildman–Crippen LogP) is 1.70. The number of hydrogen-bond donors (Lipinski definition) is 1. The lowest BCUT2D eigenvalue weighted by molar-refractivity contribution is 0.171. The Kier molecular flexibility index (Phi) is 3.57. The standard InChI is InChI=1S/C12H17NO3S/c1-8(2)17(14)7-9-5-11-12(6-10(9)13)16-4-3-15-11/h5-6,8H,3-4,7,13H2,1-2H3. The van der Waals surface area contributed by atoms with Crippen molar-refractivity contribution in [2.45, 2.75) is 24.9 Å². The highest BCUT2D eigenvalue weighted by atomic mass is 32.2. The molecule has 17 heavy (non-hydrogen) atoms. The summed E-state index contributed by atoms with van der Waals surface area (Å²) in [6.45, 7) is 4.96. The van der Waals surface area contributed by atoms with Crippen LogP contribution in [0.15, 0.2) is 12.1 Å². The van der Waals surface area contributed by atoms with Crippen LogP contribution in [0.3, 0.4) is 0 Å². The Hall–Kier alpha value is -1.23. The molecule has 2 rings (SSSR count). The lowest BCUT2D eigenvalue weighted by Crippen LogP contribution is -2.16. The number of nitrogens with two attached hydrogens (primary N) is 1. The van der Waals surface area contributed by atoms with Crippen molar-refractivity contribution in [2.24, 2.45) is 0 Å². The first-order valence-corrected chi connectivity index (χ1v) is 7.01. The molecule has 1 aromatic rings. The molecule has 4 nitrogen and oxygen atoms in total. The number of ether oxygens (including phenoxy) is 2. The molecule has 1 aliphatic heterocycles. The fourth-order valence-electron chi connectivity index (χ4n) is 1.59. The van der Waals surface area contributed by atoms with E-state index in [0.29, 0.717) is 36.2 Å². The van der Waals surface area contributed by atoms with E-state index in [1.165, 1.54) is 0 Å². The third kappa shape index (κ3) is 2.72. The largest absolute Gasteiger partial charge is 0.486 e. The molecule has 1 aromatic carbocycles. The molecule has 5 heteroatoms. The van der Waals surface area contributed by atoms with Crippen molar-refractivity contribution >= 4 is 16.5 Å². The molecule has 2 N–H and O–H groups in total. The molecule has 94 valence electrons. The van der Waals surface area contributed by atoms with Crippen molar-refractivity contribution in [1.29, 1.82) is 0 Å². The summed E-state index contributed by atoms with van der Waals surface area (Å²) in [6.07, 6.45) is 0. The lowest BCUT2D eigenvalue weighted by atomic mass is 10.2. The monoisotopic (exact) mass is 255 g/mol. The smallest absolute Gasteiger partial charge is 0.163 e. The quantitative estimate of drug-likeness (QED) is 0.835. The summed E-state index contributed by atoms with van der Waals surface area (Å²) < 4.78 is 22.7. The zero-order chi connectivity index (χ0) is 12.4. The third-order valence-corrected chi connectivity index (χ3v) is 4.27. The van der Waals surface area contributed by atoms with Gasteiger partial charge in [-0.2, -0.15) is 0 Å². The van der Waals surface area contributed by atoms with Crippen LogP contribution in [0.1, 0.15) is 19.4 Å². The molecule has 0 saturated heterocycles. The van der Waals surface area contributed by atoms with Gasteiger partial charge in [-0.3, -0.25) is 4.21 Å². The molecule has 0 amide bonds. The maximum atomic E-state index is 11.8. The average Bonchev–Trinajstić information content (AvgIpc) is 2.29. The van der Waals surface area contributed by atoms with Crippen LogP contribution in [0.25, 0.3) is 0 Å². The maximum absolute atomic E-state index is 11.8.